The molecule has 0 N–H and O–H groups in total. The first-order chi connectivity index (χ1) is 6.25. The summed E-state index contributed by atoms with van der Waals surface area (Å²) in [5.41, 5.74) is 0.535. The summed E-state index contributed by atoms with van der Waals surface area (Å²) in [5, 5.41) is 0. The third-order valence-electron chi connectivity index (χ3n) is 1.81. The Labute approximate surface area is 78.3 Å². The monoisotopic (exact) mass is 175 g/mol. The highest BCUT2D eigenvalue weighted by molar-refractivity contribution is 5.96. The molecule has 1 aromatic heterocycles. The molecule has 2 nitrogen and oxygen atoms in total. The standard InChI is InChI=1S/C11H13NO/c1-3-6-9(2)11(13)10-7-4-5-8-12-10/h3-9H,1-2H3/b6-3+. The molecule has 13 heavy (non-hydrogen) atoms. The molecule has 0 spiro atoms. The molecule has 0 aromatic carbocycles. The zero-order valence-electron chi connectivity index (χ0n) is 7.90. The molecular formula is C11H13NO. The SMILES string of the molecule is C/C=C/C(C)C(=O)c1ccccn1. The number of rotatable bonds is 3. The number of hydrogen-bond donors (Lipinski definition) is 0. The molecule has 0 fully saturated rings. The fraction of sp³-hybridized carbons (Fsp3) is 0.273. The summed E-state index contributed by atoms with van der Waals surface area (Å²) in [6.45, 7) is 3.78. The van der Waals surface area contributed by atoms with Crippen molar-refractivity contribution in [2.75, 3.05) is 0 Å². The summed E-state index contributed by atoms with van der Waals surface area (Å²) < 4.78 is 0. The fourth-order valence-corrected chi connectivity index (χ4v) is 1.12. The quantitative estimate of drug-likeness (QED) is 0.521. The molecule has 1 aromatic rings. The van der Waals surface area contributed by atoms with Gasteiger partial charge in [0.2, 0.25) is 0 Å². The van der Waals surface area contributed by atoms with Crippen LogP contribution in [0.3, 0.4) is 0 Å². The zero-order valence-corrected chi connectivity index (χ0v) is 7.90. The lowest BCUT2D eigenvalue weighted by atomic mass is 10.0. The Morgan fingerprint density at radius 2 is 2.31 bits per heavy atom. The number of Topliss-reactive ketones (excluding diaryl/α,β-unsaturated/α-hetero) is 1. The van der Waals surface area contributed by atoms with E-state index in [2.05, 4.69) is 4.98 Å². The summed E-state index contributed by atoms with van der Waals surface area (Å²) >= 11 is 0. The van der Waals surface area contributed by atoms with E-state index < -0.39 is 0 Å². The molecule has 1 unspecified atom stereocenters. The molecule has 0 aliphatic rings. The van der Waals surface area contributed by atoms with Gasteiger partial charge in [-0.3, -0.25) is 9.78 Å². The van der Waals surface area contributed by atoms with E-state index in [0.717, 1.165) is 0 Å². The van der Waals surface area contributed by atoms with Crippen LogP contribution in [0.5, 0.6) is 0 Å². The van der Waals surface area contributed by atoms with Crippen molar-refractivity contribution in [2.24, 2.45) is 5.92 Å². The van der Waals surface area contributed by atoms with Gasteiger partial charge >= 0.3 is 0 Å². The number of pyridine rings is 1. The maximum Gasteiger partial charge on any atom is 0.187 e. The third-order valence-corrected chi connectivity index (χ3v) is 1.81. The van der Waals surface area contributed by atoms with E-state index in [0.29, 0.717) is 5.69 Å². The molecule has 0 aliphatic carbocycles. The van der Waals surface area contributed by atoms with E-state index in [4.69, 9.17) is 0 Å². The second-order valence-electron chi connectivity index (χ2n) is 2.89. The van der Waals surface area contributed by atoms with Crippen LogP contribution in [-0.2, 0) is 0 Å². The van der Waals surface area contributed by atoms with Crippen LogP contribution in [0, 0.1) is 5.92 Å². The number of nitrogens with zero attached hydrogens (tertiary/aromatic N) is 1. The van der Waals surface area contributed by atoms with E-state index in [9.17, 15) is 4.79 Å². The molecule has 1 heterocycles. The molecule has 1 rings (SSSR count). The lowest BCUT2D eigenvalue weighted by Gasteiger charge is -2.03. The minimum atomic E-state index is -0.0834. The Kier molecular flexibility index (Phi) is 3.38. The van der Waals surface area contributed by atoms with Gasteiger partial charge in [0.25, 0.3) is 0 Å². The molecular weight excluding hydrogens is 162 g/mol. The minimum absolute atomic E-state index is 0.0682. The Hall–Kier alpha value is -1.44. The second kappa shape index (κ2) is 4.55. The van der Waals surface area contributed by atoms with Crippen molar-refractivity contribution in [1.29, 1.82) is 0 Å². The predicted octanol–water partition coefficient (Wildman–Crippen LogP) is 2.48. The van der Waals surface area contributed by atoms with E-state index in [1.165, 1.54) is 0 Å². The van der Waals surface area contributed by atoms with Crippen LogP contribution in [0.15, 0.2) is 36.5 Å². The van der Waals surface area contributed by atoms with Crippen molar-refractivity contribution in [3.05, 3.63) is 42.2 Å². The maximum atomic E-state index is 11.6. The first-order valence-electron chi connectivity index (χ1n) is 4.33. The van der Waals surface area contributed by atoms with Crippen LogP contribution in [0.2, 0.25) is 0 Å². The number of hydrogen-bond acceptors (Lipinski definition) is 2. The molecule has 0 amide bonds. The zero-order chi connectivity index (χ0) is 9.68. The summed E-state index contributed by atoms with van der Waals surface area (Å²) in [4.78, 5) is 15.6. The van der Waals surface area contributed by atoms with Gasteiger partial charge < -0.3 is 0 Å². The molecule has 2 heteroatoms. The van der Waals surface area contributed by atoms with Gasteiger partial charge in [-0.2, -0.15) is 0 Å². The lowest BCUT2D eigenvalue weighted by molar-refractivity contribution is 0.0948. The first-order valence-corrected chi connectivity index (χ1v) is 4.33. The third kappa shape index (κ3) is 2.51. The highest BCUT2D eigenvalue weighted by Gasteiger charge is 2.12. The van der Waals surface area contributed by atoms with Crippen LogP contribution in [0.4, 0.5) is 0 Å². The Balaban J connectivity index is 2.80. The van der Waals surface area contributed by atoms with Gasteiger partial charge in [-0.05, 0) is 19.1 Å². The normalized spacial score (nSPS) is 13.1. The van der Waals surface area contributed by atoms with Gasteiger partial charge in [0.15, 0.2) is 5.78 Å². The minimum Gasteiger partial charge on any atom is -0.292 e. The van der Waals surface area contributed by atoms with Crippen LogP contribution >= 0.6 is 0 Å². The lowest BCUT2D eigenvalue weighted by Crippen LogP contribution is -2.10. The molecule has 0 saturated heterocycles. The molecule has 68 valence electrons. The van der Waals surface area contributed by atoms with Gasteiger partial charge in [-0.1, -0.05) is 25.1 Å². The second-order valence-corrected chi connectivity index (χ2v) is 2.89. The van der Waals surface area contributed by atoms with Crippen molar-refractivity contribution in [1.82, 2.24) is 4.98 Å². The molecule has 0 bridgehead atoms. The van der Waals surface area contributed by atoms with Crippen molar-refractivity contribution in [2.45, 2.75) is 13.8 Å². The van der Waals surface area contributed by atoms with Gasteiger partial charge in [-0.15, -0.1) is 0 Å². The number of carbonyl (C=O) groups excluding carboxylic acids is 1. The highest BCUT2D eigenvalue weighted by atomic mass is 16.1. The molecule has 0 saturated carbocycles. The van der Waals surface area contributed by atoms with Crippen molar-refractivity contribution in [3.8, 4) is 0 Å². The molecule has 0 aliphatic heterocycles. The number of ketones is 1. The number of aromatic nitrogens is 1. The van der Waals surface area contributed by atoms with Gasteiger partial charge in [-0.25, -0.2) is 0 Å². The topological polar surface area (TPSA) is 30.0 Å². The van der Waals surface area contributed by atoms with Crippen LogP contribution < -0.4 is 0 Å². The average Bonchev–Trinajstić information content (AvgIpc) is 2.18. The van der Waals surface area contributed by atoms with Gasteiger partial charge in [0.1, 0.15) is 5.69 Å². The van der Waals surface area contributed by atoms with E-state index in [1.807, 2.05) is 32.1 Å². The molecule has 1 atom stereocenters. The molecule has 0 radical (unpaired) electrons. The average molecular weight is 175 g/mol. The number of carbonyl (C=O) groups is 1. The van der Waals surface area contributed by atoms with E-state index >= 15 is 0 Å². The fourth-order valence-electron chi connectivity index (χ4n) is 1.12. The summed E-state index contributed by atoms with van der Waals surface area (Å²) in [6.07, 6.45) is 5.39. The van der Waals surface area contributed by atoms with Crippen molar-refractivity contribution < 1.29 is 4.79 Å². The number of allylic oxidation sites excluding steroid dienone is 2. The Morgan fingerprint density at radius 1 is 1.54 bits per heavy atom. The van der Waals surface area contributed by atoms with Gasteiger partial charge in [0.05, 0.1) is 0 Å². The van der Waals surface area contributed by atoms with Crippen LogP contribution in [0.25, 0.3) is 0 Å². The van der Waals surface area contributed by atoms with Crippen LogP contribution in [0.1, 0.15) is 24.3 Å². The Morgan fingerprint density at radius 3 is 2.85 bits per heavy atom. The summed E-state index contributed by atoms with van der Waals surface area (Å²) in [5.74, 6) is -0.0152. The smallest absolute Gasteiger partial charge is 0.187 e. The summed E-state index contributed by atoms with van der Waals surface area (Å²) in [6, 6.07) is 5.36. The maximum absolute atomic E-state index is 11.6. The van der Waals surface area contributed by atoms with E-state index in [-0.39, 0.29) is 11.7 Å². The first kappa shape index (κ1) is 9.65. The van der Waals surface area contributed by atoms with E-state index in [1.54, 1.807) is 18.3 Å². The van der Waals surface area contributed by atoms with Crippen molar-refractivity contribution in [3.63, 3.8) is 0 Å². The highest BCUT2D eigenvalue weighted by Crippen LogP contribution is 2.06. The van der Waals surface area contributed by atoms with Crippen molar-refractivity contribution >= 4 is 5.78 Å². The van der Waals surface area contributed by atoms with Crippen LogP contribution in [-0.4, -0.2) is 10.8 Å². The van der Waals surface area contributed by atoms with Gasteiger partial charge in [0, 0.05) is 12.1 Å². The Bertz CT molecular complexity index is 303. The largest absolute Gasteiger partial charge is 0.292 e. The predicted molar refractivity (Wildman–Crippen MR) is 52.5 cm³/mol. The summed E-state index contributed by atoms with van der Waals surface area (Å²) in [7, 11) is 0.